The average molecular weight is 426 g/mol. The summed E-state index contributed by atoms with van der Waals surface area (Å²) in [7, 11) is 3.93. The highest BCUT2D eigenvalue weighted by molar-refractivity contribution is 5.90. The molecule has 0 spiro atoms. The molecule has 2 aromatic carbocycles. The fraction of sp³-hybridized carbons (Fsp3) is 0.417. The van der Waals surface area contributed by atoms with Crippen molar-refractivity contribution >= 4 is 23.4 Å². The smallest absolute Gasteiger partial charge is 0.319 e. The summed E-state index contributed by atoms with van der Waals surface area (Å²) in [6.07, 6.45) is 0. The van der Waals surface area contributed by atoms with Crippen LogP contribution >= 0.6 is 0 Å². The Kier molecular flexibility index (Phi) is 8.73. The molecule has 0 aliphatic heterocycles. The van der Waals surface area contributed by atoms with Crippen LogP contribution in [0.1, 0.15) is 44.9 Å². The fourth-order valence-corrected chi connectivity index (χ4v) is 3.39. The Morgan fingerprint density at radius 2 is 1.68 bits per heavy atom. The lowest BCUT2D eigenvalue weighted by Crippen LogP contribution is -2.41. The number of carbonyl (C=O) groups excluding carboxylic acids is 2. The van der Waals surface area contributed by atoms with Gasteiger partial charge in [0.25, 0.3) is 0 Å². The highest BCUT2D eigenvalue weighted by atomic mass is 16.2. The fourth-order valence-electron chi connectivity index (χ4n) is 3.39. The normalized spacial score (nSPS) is 11.6. The average Bonchev–Trinajstić information content (AvgIpc) is 2.71. The van der Waals surface area contributed by atoms with E-state index >= 15 is 0 Å². The van der Waals surface area contributed by atoms with Gasteiger partial charge in [0, 0.05) is 38.1 Å². The molecule has 168 valence electrons. The van der Waals surface area contributed by atoms with Gasteiger partial charge in [-0.2, -0.15) is 0 Å². The summed E-state index contributed by atoms with van der Waals surface area (Å²) in [4.78, 5) is 28.9. The van der Waals surface area contributed by atoms with E-state index < -0.39 is 0 Å². The van der Waals surface area contributed by atoms with Gasteiger partial charge >= 0.3 is 12.1 Å². The Labute approximate surface area is 185 Å². The highest BCUT2D eigenvalue weighted by Crippen LogP contribution is 2.28. The van der Waals surface area contributed by atoms with Gasteiger partial charge in [0.05, 0.1) is 12.6 Å². The van der Waals surface area contributed by atoms with Crippen molar-refractivity contribution in [3.63, 3.8) is 0 Å². The van der Waals surface area contributed by atoms with Gasteiger partial charge in [-0.1, -0.05) is 30.3 Å². The molecule has 7 nitrogen and oxygen atoms in total. The molecular weight excluding hydrogens is 390 g/mol. The number of amides is 4. The zero-order chi connectivity index (χ0) is 23.0. The lowest BCUT2D eigenvalue weighted by atomic mass is 10.0. The third kappa shape index (κ3) is 6.91. The topological polar surface area (TPSA) is 76.7 Å². The predicted molar refractivity (Wildman–Crippen MR) is 128 cm³/mol. The summed E-state index contributed by atoms with van der Waals surface area (Å²) >= 11 is 0. The largest absolute Gasteiger partial charge is 0.377 e. The van der Waals surface area contributed by atoms with E-state index in [2.05, 4.69) is 16.0 Å². The first-order valence-electron chi connectivity index (χ1n) is 10.7. The van der Waals surface area contributed by atoms with Crippen molar-refractivity contribution in [3.05, 3.63) is 59.7 Å². The first-order chi connectivity index (χ1) is 14.7. The molecule has 7 heteroatoms. The Morgan fingerprint density at radius 3 is 2.26 bits per heavy atom. The third-order valence-corrected chi connectivity index (χ3v) is 4.92. The van der Waals surface area contributed by atoms with Gasteiger partial charge in [0.1, 0.15) is 0 Å². The maximum absolute atomic E-state index is 12.9. The lowest BCUT2D eigenvalue weighted by molar-refractivity contribution is 0.176. The highest BCUT2D eigenvalue weighted by Gasteiger charge is 2.23. The molecular formula is C24H35N5O2. The molecule has 0 saturated carbocycles. The van der Waals surface area contributed by atoms with Gasteiger partial charge in [-0.15, -0.1) is 0 Å². The lowest BCUT2D eigenvalue weighted by Gasteiger charge is -2.31. The van der Waals surface area contributed by atoms with Crippen molar-refractivity contribution in [1.82, 2.24) is 15.5 Å². The van der Waals surface area contributed by atoms with E-state index in [1.807, 2.05) is 100 Å². The van der Waals surface area contributed by atoms with E-state index in [4.69, 9.17) is 0 Å². The minimum atomic E-state index is -0.253. The minimum Gasteiger partial charge on any atom is -0.377 e. The van der Waals surface area contributed by atoms with Crippen LogP contribution in [0.2, 0.25) is 0 Å². The van der Waals surface area contributed by atoms with E-state index in [1.165, 1.54) is 0 Å². The van der Waals surface area contributed by atoms with Crippen LogP contribution in [0, 0.1) is 0 Å². The Morgan fingerprint density at radius 1 is 1.00 bits per heavy atom. The van der Waals surface area contributed by atoms with Crippen LogP contribution in [0.3, 0.4) is 0 Å². The van der Waals surface area contributed by atoms with Gasteiger partial charge in [0.2, 0.25) is 0 Å². The second-order valence-corrected chi connectivity index (χ2v) is 8.04. The third-order valence-electron chi connectivity index (χ3n) is 4.92. The van der Waals surface area contributed by atoms with Gasteiger partial charge in [-0.25, -0.2) is 9.59 Å². The SMILES string of the molecule is CCNC(=O)N(Cc1cc(NC(=O)NC(C)C)ccc1N(C)C)[C@H](C)c1ccccc1. The molecule has 4 amide bonds. The molecule has 31 heavy (non-hydrogen) atoms. The zero-order valence-corrected chi connectivity index (χ0v) is 19.4. The minimum absolute atomic E-state index is 0.0421. The first kappa shape index (κ1) is 24.1. The molecule has 2 aromatic rings. The van der Waals surface area contributed by atoms with Gasteiger partial charge < -0.3 is 25.8 Å². The monoisotopic (exact) mass is 425 g/mol. The molecule has 0 bridgehead atoms. The van der Waals surface area contributed by atoms with Crippen LogP contribution in [0.25, 0.3) is 0 Å². The van der Waals surface area contributed by atoms with E-state index in [-0.39, 0.29) is 24.1 Å². The Balaban J connectivity index is 2.37. The number of urea groups is 2. The van der Waals surface area contributed by atoms with Gasteiger partial charge in [-0.3, -0.25) is 0 Å². The van der Waals surface area contributed by atoms with E-state index in [9.17, 15) is 9.59 Å². The quantitative estimate of drug-likeness (QED) is 0.580. The van der Waals surface area contributed by atoms with Crippen molar-refractivity contribution in [3.8, 4) is 0 Å². The second kappa shape index (κ2) is 11.2. The Bertz CT molecular complexity index is 868. The predicted octanol–water partition coefficient (Wildman–Crippen LogP) is 4.58. The number of nitrogens with zero attached hydrogens (tertiary/aromatic N) is 2. The van der Waals surface area contributed by atoms with Gasteiger partial charge in [0.15, 0.2) is 0 Å². The molecule has 3 N–H and O–H groups in total. The maximum atomic E-state index is 12.9. The summed E-state index contributed by atoms with van der Waals surface area (Å²) in [5.41, 5.74) is 3.68. The van der Waals surface area contributed by atoms with Gasteiger partial charge in [-0.05, 0) is 57.0 Å². The molecule has 0 aliphatic rings. The number of hydrogen-bond donors (Lipinski definition) is 3. The van der Waals surface area contributed by atoms with Crippen molar-refractivity contribution in [2.75, 3.05) is 30.9 Å². The number of nitrogens with one attached hydrogen (secondary N) is 3. The summed E-state index contributed by atoms with van der Waals surface area (Å²) in [5, 5.41) is 8.64. The van der Waals surface area contributed by atoms with Crippen molar-refractivity contribution < 1.29 is 9.59 Å². The molecule has 0 fully saturated rings. The standard InChI is InChI=1S/C24H35N5O2/c1-7-25-24(31)29(18(4)19-11-9-8-10-12-19)16-20-15-21(13-14-22(20)28(5)6)27-23(30)26-17(2)3/h8-15,17-18H,7,16H2,1-6H3,(H,25,31)(H2,26,27,30)/t18-/m1/s1. The number of rotatable bonds is 8. The van der Waals surface area contributed by atoms with Crippen LogP contribution in [-0.2, 0) is 6.54 Å². The van der Waals surface area contributed by atoms with Crippen LogP contribution in [-0.4, -0.2) is 43.6 Å². The molecule has 0 heterocycles. The Hall–Kier alpha value is -3.22. The van der Waals surface area contributed by atoms with Crippen LogP contribution in [0.5, 0.6) is 0 Å². The molecule has 0 saturated heterocycles. The maximum Gasteiger partial charge on any atom is 0.319 e. The molecule has 0 radical (unpaired) electrons. The van der Waals surface area contributed by atoms with Crippen molar-refractivity contribution in [2.45, 2.75) is 46.3 Å². The number of hydrogen-bond acceptors (Lipinski definition) is 3. The summed E-state index contributed by atoms with van der Waals surface area (Å²) in [6.45, 7) is 8.71. The first-order valence-corrected chi connectivity index (χ1v) is 10.7. The van der Waals surface area contributed by atoms with Crippen LogP contribution in [0.15, 0.2) is 48.5 Å². The van der Waals surface area contributed by atoms with Crippen LogP contribution in [0.4, 0.5) is 21.0 Å². The van der Waals surface area contributed by atoms with E-state index in [0.29, 0.717) is 18.8 Å². The number of carbonyl (C=O) groups is 2. The van der Waals surface area contributed by atoms with E-state index in [1.54, 1.807) is 0 Å². The molecule has 0 aliphatic carbocycles. The molecule has 2 rings (SSSR count). The van der Waals surface area contributed by atoms with Crippen molar-refractivity contribution in [2.24, 2.45) is 0 Å². The zero-order valence-electron chi connectivity index (χ0n) is 19.4. The molecule has 0 aromatic heterocycles. The molecule has 0 unspecified atom stereocenters. The van der Waals surface area contributed by atoms with Crippen LogP contribution < -0.4 is 20.9 Å². The van der Waals surface area contributed by atoms with Crippen molar-refractivity contribution in [1.29, 1.82) is 0 Å². The summed E-state index contributed by atoms with van der Waals surface area (Å²) in [6, 6.07) is 15.3. The van der Waals surface area contributed by atoms with E-state index in [0.717, 1.165) is 16.8 Å². The summed E-state index contributed by atoms with van der Waals surface area (Å²) < 4.78 is 0. The summed E-state index contributed by atoms with van der Waals surface area (Å²) in [5.74, 6) is 0. The number of benzene rings is 2. The second-order valence-electron chi connectivity index (χ2n) is 8.04. The number of anilines is 2. The molecule has 1 atom stereocenters.